The third-order valence-corrected chi connectivity index (χ3v) is 12.3. The van der Waals surface area contributed by atoms with Gasteiger partial charge in [-0.05, 0) is 101 Å². The van der Waals surface area contributed by atoms with E-state index in [9.17, 15) is 19.8 Å². The number of likely N-dealkylation sites (tertiary alicyclic amines) is 2. The Morgan fingerprint density at radius 3 is 1.54 bits per heavy atom. The van der Waals surface area contributed by atoms with Crippen molar-refractivity contribution in [3.63, 3.8) is 0 Å². The quantitative estimate of drug-likeness (QED) is 0.0894. The van der Waals surface area contributed by atoms with Gasteiger partial charge in [0.15, 0.2) is 0 Å². The number of aromatic nitrogens is 2. The molecule has 0 bridgehead atoms. The van der Waals surface area contributed by atoms with Gasteiger partial charge in [0.2, 0.25) is 0 Å². The third-order valence-electron chi connectivity index (χ3n) is 10.1. The lowest BCUT2D eigenvalue weighted by Gasteiger charge is -2.32. The van der Waals surface area contributed by atoms with Crippen LogP contribution in [-0.4, -0.2) is 67.1 Å². The predicted octanol–water partition coefficient (Wildman–Crippen LogP) is 7.47. The van der Waals surface area contributed by atoms with Crippen molar-refractivity contribution in [1.82, 2.24) is 19.8 Å². The minimum Gasteiger partial charge on any atom is -0.480 e. The minimum atomic E-state index is -0.760. The molecule has 2 unspecified atom stereocenters. The van der Waals surface area contributed by atoms with E-state index in [0.29, 0.717) is 39.1 Å². The zero-order chi connectivity index (χ0) is 36.8. The number of carboxylic acid groups (broad SMARTS) is 2. The van der Waals surface area contributed by atoms with Gasteiger partial charge in [-0.3, -0.25) is 40.0 Å². The van der Waals surface area contributed by atoms with Crippen LogP contribution in [0.3, 0.4) is 0 Å². The van der Waals surface area contributed by atoms with Gasteiger partial charge in [-0.25, -0.2) is 9.97 Å². The summed E-state index contributed by atoms with van der Waals surface area (Å²) in [5.74, 6) is -1.52. The number of aryl methyl sites for hydroxylation is 2. The number of hydrogen-bond donors (Lipinski definition) is 4. The highest BCUT2D eigenvalue weighted by molar-refractivity contribution is 7.12. The second kappa shape index (κ2) is 17.3. The number of hydrogen-bond acceptors (Lipinski definition) is 12. The van der Waals surface area contributed by atoms with E-state index in [1.165, 1.54) is 0 Å². The average molecular weight is 749 g/mol. The first kappa shape index (κ1) is 37.8. The molecule has 52 heavy (non-hydrogen) atoms. The fraction of sp³-hybridized carbons (Fsp3) is 0.474. The second-order valence-corrected chi connectivity index (χ2v) is 15.9. The summed E-state index contributed by atoms with van der Waals surface area (Å²) in [5.41, 5.74) is 14.1. The third kappa shape index (κ3) is 8.99. The van der Waals surface area contributed by atoms with Crippen molar-refractivity contribution in [3.05, 3.63) is 78.7 Å². The number of carboxylic acids is 2. The number of benzene rings is 2. The second-order valence-electron chi connectivity index (χ2n) is 13.6. The van der Waals surface area contributed by atoms with Crippen LogP contribution in [0.5, 0.6) is 0 Å². The van der Waals surface area contributed by atoms with Gasteiger partial charge in [0.05, 0.1) is 45.6 Å². The number of carbonyl (C=O) groups is 2. The fourth-order valence-corrected chi connectivity index (χ4v) is 9.10. The predicted molar refractivity (Wildman–Crippen MR) is 203 cm³/mol. The van der Waals surface area contributed by atoms with E-state index in [2.05, 4.69) is 36.9 Å². The van der Waals surface area contributed by atoms with Crippen molar-refractivity contribution >= 4 is 46.0 Å². The monoisotopic (exact) mass is 748 g/mol. The fourth-order valence-electron chi connectivity index (χ4n) is 7.08. The highest BCUT2D eigenvalue weighted by Gasteiger charge is 2.30. The Balaban J connectivity index is 1.04. The molecule has 2 aliphatic rings. The van der Waals surface area contributed by atoms with Gasteiger partial charge in [-0.15, -0.1) is 22.7 Å². The molecule has 0 amide bonds. The molecule has 2 fully saturated rings. The lowest BCUT2D eigenvalue weighted by atomic mass is 9.95. The van der Waals surface area contributed by atoms with Crippen molar-refractivity contribution in [1.29, 1.82) is 0 Å². The smallest absolute Gasteiger partial charge is 0.320 e. The zero-order valence-electron chi connectivity index (χ0n) is 30.2. The number of piperidine rings is 2. The van der Waals surface area contributed by atoms with E-state index in [0.717, 1.165) is 104 Å². The van der Waals surface area contributed by atoms with Gasteiger partial charge in [0.25, 0.3) is 0 Å². The summed E-state index contributed by atoms with van der Waals surface area (Å²) in [6.07, 6.45) is 5.27. The van der Waals surface area contributed by atoms with Crippen LogP contribution in [0.15, 0.2) is 36.4 Å². The topological polar surface area (TPSA) is 149 Å². The Morgan fingerprint density at radius 2 is 1.13 bits per heavy atom. The van der Waals surface area contributed by atoms with Gasteiger partial charge in [0.1, 0.15) is 35.3 Å². The SMILES string of the molecule is Cc1nc(CN2CCCCC2C(=O)O)sc1CONc1cccc(-c2cccc(NOCc3sc(CN4CCCCC4C(=O)O)nc3C)c2C)c1C. The van der Waals surface area contributed by atoms with Crippen LogP contribution in [0.25, 0.3) is 11.1 Å². The normalized spacial score (nSPS) is 18.4. The Morgan fingerprint density at radius 1 is 0.712 bits per heavy atom. The van der Waals surface area contributed by atoms with E-state index in [4.69, 9.17) is 19.6 Å². The van der Waals surface area contributed by atoms with E-state index in [-0.39, 0.29) is 0 Å². The summed E-state index contributed by atoms with van der Waals surface area (Å²) in [6.45, 7) is 11.4. The number of aliphatic carboxylic acids is 2. The molecule has 2 atom stereocenters. The molecule has 2 aromatic heterocycles. The molecule has 0 radical (unpaired) electrons. The molecule has 6 rings (SSSR count). The van der Waals surface area contributed by atoms with Gasteiger partial charge >= 0.3 is 11.9 Å². The summed E-state index contributed by atoms with van der Waals surface area (Å²) in [6, 6.07) is 11.3. The first-order valence-corrected chi connectivity index (χ1v) is 19.5. The summed E-state index contributed by atoms with van der Waals surface area (Å²) in [4.78, 5) is 51.0. The van der Waals surface area contributed by atoms with Gasteiger partial charge in [0, 0.05) is 0 Å². The van der Waals surface area contributed by atoms with E-state index >= 15 is 0 Å². The van der Waals surface area contributed by atoms with Crippen molar-refractivity contribution in [2.45, 2.75) is 105 Å². The molecule has 0 saturated carbocycles. The molecular weight excluding hydrogens is 701 g/mol. The summed E-state index contributed by atoms with van der Waals surface area (Å²) < 4.78 is 0. The maximum atomic E-state index is 11.7. The van der Waals surface area contributed by atoms with Crippen LogP contribution in [0.4, 0.5) is 11.4 Å². The van der Waals surface area contributed by atoms with Crippen LogP contribution in [0, 0.1) is 27.7 Å². The van der Waals surface area contributed by atoms with Crippen LogP contribution in [0.2, 0.25) is 0 Å². The first-order chi connectivity index (χ1) is 25.1. The van der Waals surface area contributed by atoms with Crippen LogP contribution in [-0.2, 0) is 45.6 Å². The van der Waals surface area contributed by atoms with Crippen molar-refractivity contribution in [2.75, 3.05) is 24.0 Å². The molecule has 12 nitrogen and oxygen atoms in total. The van der Waals surface area contributed by atoms with Crippen molar-refractivity contribution in [2.24, 2.45) is 0 Å². The highest BCUT2D eigenvalue weighted by atomic mass is 32.1. The maximum absolute atomic E-state index is 11.7. The summed E-state index contributed by atoms with van der Waals surface area (Å²) >= 11 is 3.14. The average Bonchev–Trinajstić information content (AvgIpc) is 3.65. The molecule has 2 aliphatic heterocycles. The van der Waals surface area contributed by atoms with Crippen LogP contribution < -0.4 is 11.0 Å². The minimum absolute atomic E-state index is 0.340. The van der Waals surface area contributed by atoms with Crippen molar-refractivity contribution in [3.8, 4) is 11.1 Å². The molecule has 0 spiro atoms. The molecule has 4 N–H and O–H groups in total. The van der Waals surface area contributed by atoms with Crippen molar-refractivity contribution < 1.29 is 29.5 Å². The molecular formula is C38H48N6O6S2. The summed E-state index contributed by atoms with van der Waals surface area (Å²) in [7, 11) is 0. The van der Waals surface area contributed by atoms with Gasteiger partial charge < -0.3 is 10.2 Å². The van der Waals surface area contributed by atoms with Gasteiger partial charge in [-0.1, -0.05) is 37.1 Å². The molecule has 2 saturated heterocycles. The standard InChI is InChI=1S/C38H48N6O6S2/c1-23-27(11-9-13-29(23)41-49-21-33-25(3)39-35(51-33)19-43-17-7-5-15-31(43)37(45)46)28-12-10-14-30(24(28)2)42-50-22-34-26(4)40-36(52-34)20-44-18-8-6-16-32(44)38(47)48/h9-14,31-32,41-42H,5-8,15-22H2,1-4H3,(H,45,46)(H,47,48). The Labute approximate surface area is 312 Å². The molecule has 278 valence electrons. The lowest BCUT2D eigenvalue weighted by Crippen LogP contribution is -2.43. The molecule has 2 aromatic carbocycles. The Bertz CT molecular complexity index is 1740. The van der Waals surface area contributed by atoms with Crippen LogP contribution in [0.1, 0.15) is 80.8 Å². The van der Waals surface area contributed by atoms with Crippen LogP contribution >= 0.6 is 22.7 Å². The lowest BCUT2D eigenvalue weighted by molar-refractivity contribution is -0.145. The number of anilines is 2. The zero-order valence-corrected chi connectivity index (χ0v) is 31.9. The number of rotatable bonds is 15. The molecule has 4 aromatic rings. The molecule has 14 heteroatoms. The van der Waals surface area contributed by atoms with E-state index in [1.54, 1.807) is 22.7 Å². The van der Waals surface area contributed by atoms with Gasteiger partial charge in [-0.2, -0.15) is 0 Å². The van der Waals surface area contributed by atoms with E-state index < -0.39 is 24.0 Å². The maximum Gasteiger partial charge on any atom is 0.320 e. The Kier molecular flexibility index (Phi) is 12.6. The number of thiazole rings is 2. The van der Waals surface area contributed by atoms with E-state index in [1.807, 2.05) is 47.9 Å². The molecule has 0 aliphatic carbocycles. The largest absolute Gasteiger partial charge is 0.480 e. The first-order valence-electron chi connectivity index (χ1n) is 17.9. The summed E-state index contributed by atoms with van der Waals surface area (Å²) in [5, 5.41) is 21.1. The Hall–Kier alpha value is -3.92. The highest BCUT2D eigenvalue weighted by Crippen LogP contribution is 2.34. The molecule has 4 heterocycles. The number of nitrogens with one attached hydrogen (secondary N) is 2. The number of nitrogens with zero attached hydrogens (tertiary/aromatic N) is 4.